The number of aryl methyl sites for hydroxylation is 1. The molecule has 3 N–H and O–H groups in total. The third-order valence-electron chi connectivity index (χ3n) is 4.12. The molecule has 0 saturated carbocycles. The maximum Gasteiger partial charge on any atom is 0.314 e. The summed E-state index contributed by atoms with van der Waals surface area (Å²) >= 11 is 0. The van der Waals surface area contributed by atoms with Crippen LogP contribution in [0.4, 0.5) is 0 Å². The number of esters is 1. The van der Waals surface area contributed by atoms with Crippen molar-refractivity contribution in [3.05, 3.63) is 46.4 Å². The Morgan fingerprint density at radius 2 is 2.12 bits per heavy atom. The van der Waals surface area contributed by atoms with E-state index in [0.29, 0.717) is 14.3 Å². The molecule has 2 atom stereocenters. The van der Waals surface area contributed by atoms with Crippen molar-refractivity contribution < 1.29 is 19.4 Å². The summed E-state index contributed by atoms with van der Waals surface area (Å²) < 4.78 is 11.0. The van der Waals surface area contributed by atoms with Crippen LogP contribution in [0.1, 0.15) is 43.6 Å². The second kappa shape index (κ2) is 9.91. The monoisotopic (exact) mass is 367 g/mol. The molecule has 0 aliphatic carbocycles. The minimum atomic E-state index is -0.899. The summed E-state index contributed by atoms with van der Waals surface area (Å²) in [4.78, 5) is 12.3. The van der Waals surface area contributed by atoms with Crippen LogP contribution >= 0.6 is 8.58 Å². The molecular formula is C19H30NO4P. The molecule has 2 unspecified atom stereocenters. The minimum absolute atomic E-state index is 0.0648. The Kier molecular flexibility index (Phi) is 8.57. The van der Waals surface area contributed by atoms with Gasteiger partial charge in [0.05, 0.1) is 31.8 Å². The van der Waals surface area contributed by atoms with Gasteiger partial charge in [0.1, 0.15) is 0 Å². The molecule has 1 rings (SSSR count). The van der Waals surface area contributed by atoms with Gasteiger partial charge < -0.3 is 20.3 Å². The summed E-state index contributed by atoms with van der Waals surface area (Å²) in [5.41, 5.74) is 8.37. The van der Waals surface area contributed by atoms with Crippen LogP contribution in [-0.4, -0.2) is 31.0 Å². The van der Waals surface area contributed by atoms with Crippen LogP contribution in [0.25, 0.3) is 0 Å². The number of benzene rings is 1. The van der Waals surface area contributed by atoms with Crippen molar-refractivity contribution in [2.24, 2.45) is 11.1 Å². The van der Waals surface area contributed by atoms with Gasteiger partial charge in [0.2, 0.25) is 0 Å². The zero-order chi connectivity index (χ0) is 19.0. The quantitative estimate of drug-likeness (QED) is 0.517. The predicted octanol–water partition coefficient (Wildman–Crippen LogP) is 3.24. The van der Waals surface area contributed by atoms with Crippen LogP contribution < -0.4 is 5.73 Å². The molecule has 1 aromatic carbocycles. The van der Waals surface area contributed by atoms with E-state index in [2.05, 4.69) is 6.92 Å². The number of hydrogen-bond acceptors (Lipinski definition) is 5. The highest BCUT2D eigenvalue weighted by molar-refractivity contribution is 7.41. The molecule has 0 bridgehead atoms. The molecule has 0 spiro atoms. The molecular weight excluding hydrogens is 337 g/mol. The molecule has 0 fully saturated rings. The zero-order valence-corrected chi connectivity index (χ0v) is 16.8. The molecule has 1 aromatic rings. The largest absolute Gasteiger partial charge is 0.469 e. The Bertz CT molecular complexity index is 613. The Labute approximate surface area is 152 Å². The number of carbonyl (C=O) groups is 1. The maximum atomic E-state index is 12.3. The average Bonchev–Trinajstić information content (AvgIpc) is 2.60. The number of hydrogen-bond donors (Lipinski definition) is 2. The summed E-state index contributed by atoms with van der Waals surface area (Å²) in [5.74, 6) is 1.61. The second-order valence-electron chi connectivity index (χ2n) is 6.53. The zero-order valence-electron chi connectivity index (χ0n) is 15.8. The maximum absolute atomic E-state index is 12.3. The van der Waals surface area contributed by atoms with Crippen LogP contribution in [0.15, 0.2) is 29.7 Å². The Morgan fingerprint density at radius 3 is 2.68 bits per heavy atom. The van der Waals surface area contributed by atoms with E-state index in [0.717, 1.165) is 22.9 Å². The van der Waals surface area contributed by atoms with E-state index >= 15 is 0 Å². The van der Waals surface area contributed by atoms with Crippen molar-refractivity contribution in [2.75, 3.05) is 19.9 Å². The Hall–Kier alpha value is -1.42. The molecule has 0 radical (unpaired) electrons. The first-order valence-corrected chi connectivity index (χ1v) is 9.64. The van der Waals surface area contributed by atoms with Crippen molar-refractivity contribution in [3.63, 3.8) is 0 Å². The van der Waals surface area contributed by atoms with E-state index in [-0.39, 0.29) is 19.2 Å². The van der Waals surface area contributed by atoms with Crippen LogP contribution in [0.2, 0.25) is 0 Å². The van der Waals surface area contributed by atoms with E-state index in [1.165, 1.54) is 7.11 Å². The molecule has 0 heterocycles. The minimum Gasteiger partial charge on any atom is -0.469 e. The van der Waals surface area contributed by atoms with Crippen LogP contribution in [0.3, 0.4) is 0 Å². The topological polar surface area (TPSA) is 81.8 Å². The number of ether oxygens (including phenoxy) is 2. The molecule has 140 valence electrons. The smallest absolute Gasteiger partial charge is 0.314 e. The fourth-order valence-electron chi connectivity index (χ4n) is 2.57. The summed E-state index contributed by atoms with van der Waals surface area (Å²) in [6, 6.07) is 5.71. The summed E-state index contributed by atoms with van der Waals surface area (Å²) in [6.45, 7) is 7.77. The van der Waals surface area contributed by atoms with Gasteiger partial charge in [-0.15, -0.1) is 0 Å². The van der Waals surface area contributed by atoms with Gasteiger partial charge in [-0.3, -0.25) is 4.79 Å². The molecule has 6 heteroatoms. The van der Waals surface area contributed by atoms with Gasteiger partial charge in [-0.2, -0.15) is 0 Å². The summed E-state index contributed by atoms with van der Waals surface area (Å²) in [5, 5.41) is 9.54. The van der Waals surface area contributed by atoms with Crippen LogP contribution in [0, 0.1) is 12.3 Å². The van der Waals surface area contributed by atoms with Gasteiger partial charge >= 0.3 is 5.97 Å². The number of aliphatic hydroxyl groups excluding tert-OH is 1. The summed E-state index contributed by atoms with van der Waals surface area (Å²) in [7, 11) is 2.02. The van der Waals surface area contributed by atoms with Gasteiger partial charge in [0, 0.05) is 5.70 Å². The van der Waals surface area contributed by atoms with E-state index in [1.54, 1.807) is 13.8 Å². The third-order valence-corrected chi connectivity index (χ3v) is 5.10. The van der Waals surface area contributed by atoms with Crippen LogP contribution in [0.5, 0.6) is 0 Å². The lowest BCUT2D eigenvalue weighted by atomic mass is 9.81. The fourth-order valence-corrected chi connectivity index (χ4v) is 3.12. The third kappa shape index (κ3) is 5.81. The van der Waals surface area contributed by atoms with E-state index in [1.807, 2.05) is 30.9 Å². The fraction of sp³-hybridized carbons (Fsp3) is 0.526. The van der Waals surface area contributed by atoms with E-state index in [4.69, 9.17) is 15.2 Å². The first-order chi connectivity index (χ1) is 11.8. The molecule has 0 aliphatic rings. The van der Waals surface area contributed by atoms with Crippen molar-refractivity contribution in [2.45, 2.75) is 40.4 Å². The highest BCUT2D eigenvalue weighted by Gasteiger charge is 2.40. The number of aliphatic hydroxyl groups is 1. The predicted molar refractivity (Wildman–Crippen MR) is 103 cm³/mol. The lowest BCUT2D eigenvalue weighted by Crippen LogP contribution is -2.35. The molecule has 0 aromatic heterocycles. The highest BCUT2D eigenvalue weighted by Crippen LogP contribution is 2.38. The van der Waals surface area contributed by atoms with Crippen molar-refractivity contribution in [3.8, 4) is 0 Å². The van der Waals surface area contributed by atoms with Gasteiger partial charge in [-0.25, -0.2) is 0 Å². The van der Waals surface area contributed by atoms with Crippen molar-refractivity contribution in [1.82, 2.24) is 0 Å². The van der Waals surface area contributed by atoms with E-state index in [9.17, 15) is 9.90 Å². The van der Waals surface area contributed by atoms with Crippen molar-refractivity contribution >= 4 is 14.6 Å². The SMILES string of the molecule is CCP/C=C(\N)COC(c1ccc(C)c(CO)c1)C(C)(C)C(=O)OC. The number of carbonyl (C=O) groups excluding carboxylic acids is 1. The molecule has 0 aliphatic heterocycles. The normalized spacial score (nSPS) is 14.1. The number of nitrogens with two attached hydrogens (primary N) is 1. The van der Waals surface area contributed by atoms with Gasteiger partial charge in [0.15, 0.2) is 0 Å². The average molecular weight is 367 g/mol. The van der Waals surface area contributed by atoms with Gasteiger partial charge in [-0.1, -0.05) is 33.7 Å². The Balaban J connectivity index is 3.17. The lowest BCUT2D eigenvalue weighted by Gasteiger charge is -2.32. The van der Waals surface area contributed by atoms with Crippen molar-refractivity contribution in [1.29, 1.82) is 0 Å². The lowest BCUT2D eigenvalue weighted by molar-refractivity contribution is -0.160. The number of methoxy groups -OCH3 is 1. The standard InChI is InChI=1S/C19H30NO4P/c1-6-25-12-16(20)11-24-17(19(3,4)18(22)23-5)14-8-7-13(2)15(9-14)10-21/h7-9,12,17,21,25H,6,10-11,20H2,1-5H3/b16-12-. The van der Waals surface area contributed by atoms with Gasteiger partial charge in [0.25, 0.3) is 0 Å². The Morgan fingerprint density at radius 1 is 1.44 bits per heavy atom. The summed E-state index contributed by atoms with van der Waals surface area (Å²) in [6.07, 6.45) is 0.498. The first-order valence-electron chi connectivity index (χ1n) is 8.36. The first kappa shape index (κ1) is 21.6. The van der Waals surface area contributed by atoms with E-state index < -0.39 is 11.5 Å². The van der Waals surface area contributed by atoms with Crippen LogP contribution in [-0.2, 0) is 20.9 Å². The molecule has 0 saturated heterocycles. The molecule has 25 heavy (non-hydrogen) atoms. The second-order valence-corrected chi connectivity index (χ2v) is 7.93. The number of rotatable bonds is 9. The molecule has 0 amide bonds. The highest BCUT2D eigenvalue weighted by atomic mass is 31.1. The molecule has 5 nitrogen and oxygen atoms in total. The van der Waals surface area contributed by atoms with Gasteiger partial charge in [-0.05, 0) is 49.4 Å².